The van der Waals surface area contributed by atoms with Crippen molar-refractivity contribution in [1.82, 2.24) is 10.2 Å². The molecule has 0 bridgehead atoms. The molecular formula is C10H6ClN5O6. The summed E-state index contributed by atoms with van der Waals surface area (Å²) in [5, 5.41) is 37.8. The molecule has 2 aromatic rings. The number of nitrogens with one attached hydrogen (secondary N) is 2. The molecule has 0 aliphatic rings. The highest BCUT2D eigenvalue weighted by molar-refractivity contribution is 6.35. The first-order valence-electron chi connectivity index (χ1n) is 5.48. The molecule has 0 radical (unpaired) electrons. The molecule has 1 aromatic carbocycles. The van der Waals surface area contributed by atoms with E-state index in [4.69, 9.17) is 11.6 Å². The standard InChI is InChI=1S/C10H6ClN5O6/c11-7-8(13-14-9(7)16(21)22)10(18)12-5-3-4(15(19)20)1-2-6(5)17/h1-3,17H,(H,12,18)(H,13,14). The number of anilines is 1. The van der Waals surface area contributed by atoms with Gasteiger partial charge < -0.3 is 20.5 Å². The van der Waals surface area contributed by atoms with E-state index in [9.17, 15) is 30.1 Å². The molecule has 3 N–H and O–H groups in total. The van der Waals surface area contributed by atoms with Gasteiger partial charge in [-0.3, -0.25) is 14.9 Å². The number of amides is 1. The van der Waals surface area contributed by atoms with Crippen LogP contribution in [0.1, 0.15) is 10.5 Å². The Balaban J connectivity index is 2.31. The third-order valence-corrected chi connectivity index (χ3v) is 2.88. The lowest BCUT2D eigenvalue weighted by Crippen LogP contribution is -2.13. The van der Waals surface area contributed by atoms with Gasteiger partial charge in [0.1, 0.15) is 5.75 Å². The lowest BCUT2D eigenvalue weighted by molar-refractivity contribution is -0.389. The fourth-order valence-corrected chi connectivity index (χ4v) is 1.75. The monoisotopic (exact) mass is 327 g/mol. The predicted molar refractivity (Wildman–Crippen MR) is 73.0 cm³/mol. The van der Waals surface area contributed by atoms with Crippen LogP contribution in [-0.2, 0) is 0 Å². The van der Waals surface area contributed by atoms with Crippen molar-refractivity contribution in [2.45, 2.75) is 0 Å². The molecule has 114 valence electrons. The second kappa shape index (κ2) is 5.65. The Kier molecular flexibility index (Phi) is 3.90. The molecule has 0 spiro atoms. The SMILES string of the molecule is O=C(Nc1cc([N+](=O)[O-])ccc1O)c1n[nH]c([N+](=O)[O-])c1Cl. The number of phenols is 1. The maximum Gasteiger partial charge on any atom is 0.362 e. The normalized spacial score (nSPS) is 10.2. The van der Waals surface area contributed by atoms with Gasteiger partial charge in [0.15, 0.2) is 10.7 Å². The highest BCUT2D eigenvalue weighted by Crippen LogP contribution is 2.30. The number of benzene rings is 1. The van der Waals surface area contributed by atoms with Crippen molar-refractivity contribution in [3.8, 4) is 5.75 Å². The van der Waals surface area contributed by atoms with Crippen molar-refractivity contribution < 1.29 is 19.7 Å². The fraction of sp³-hybridized carbons (Fsp3) is 0. The number of nitro groups is 2. The van der Waals surface area contributed by atoms with Gasteiger partial charge in [0.05, 0.1) is 10.6 Å². The number of rotatable bonds is 4. The van der Waals surface area contributed by atoms with Crippen LogP contribution in [-0.4, -0.2) is 31.1 Å². The van der Waals surface area contributed by atoms with Crippen LogP contribution >= 0.6 is 11.6 Å². The van der Waals surface area contributed by atoms with E-state index >= 15 is 0 Å². The van der Waals surface area contributed by atoms with Gasteiger partial charge in [0, 0.05) is 12.1 Å². The highest BCUT2D eigenvalue weighted by Gasteiger charge is 2.26. The maximum atomic E-state index is 11.9. The minimum absolute atomic E-state index is 0.263. The largest absolute Gasteiger partial charge is 0.506 e. The average molecular weight is 328 g/mol. The molecule has 12 heteroatoms. The minimum Gasteiger partial charge on any atom is -0.506 e. The van der Waals surface area contributed by atoms with E-state index in [1.807, 2.05) is 5.10 Å². The van der Waals surface area contributed by atoms with Crippen molar-refractivity contribution in [3.63, 3.8) is 0 Å². The van der Waals surface area contributed by atoms with Gasteiger partial charge in [-0.2, -0.15) is 0 Å². The zero-order valence-electron chi connectivity index (χ0n) is 10.4. The summed E-state index contributed by atoms with van der Waals surface area (Å²) in [5.74, 6) is -2.08. The van der Waals surface area contributed by atoms with Gasteiger partial charge in [-0.05, 0) is 11.0 Å². The minimum atomic E-state index is -0.981. The third kappa shape index (κ3) is 2.78. The number of aromatic amines is 1. The lowest BCUT2D eigenvalue weighted by Gasteiger charge is -2.05. The first-order valence-corrected chi connectivity index (χ1v) is 5.86. The average Bonchev–Trinajstić information content (AvgIpc) is 2.83. The summed E-state index contributed by atoms with van der Waals surface area (Å²) in [5.41, 5.74) is -1.12. The van der Waals surface area contributed by atoms with Gasteiger partial charge in [-0.25, -0.2) is 0 Å². The van der Waals surface area contributed by atoms with Crippen molar-refractivity contribution in [3.05, 3.63) is 49.1 Å². The maximum absolute atomic E-state index is 11.9. The Bertz CT molecular complexity index is 788. The molecule has 2 rings (SSSR count). The lowest BCUT2D eigenvalue weighted by atomic mass is 10.2. The van der Waals surface area contributed by atoms with Crippen LogP contribution in [0.3, 0.4) is 0 Å². The van der Waals surface area contributed by atoms with Gasteiger partial charge in [0.2, 0.25) is 0 Å². The number of hydrogen-bond acceptors (Lipinski definition) is 7. The Morgan fingerprint density at radius 2 is 2.00 bits per heavy atom. The van der Waals surface area contributed by atoms with Crippen molar-refractivity contribution in [2.75, 3.05) is 5.32 Å². The topological polar surface area (TPSA) is 164 Å². The highest BCUT2D eigenvalue weighted by atomic mass is 35.5. The summed E-state index contributed by atoms with van der Waals surface area (Å²) in [4.78, 5) is 31.6. The Labute approximate surface area is 125 Å². The number of H-pyrrole nitrogens is 1. The van der Waals surface area contributed by atoms with E-state index in [-0.39, 0.29) is 11.4 Å². The Morgan fingerprint density at radius 3 is 2.55 bits per heavy atom. The third-order valence-electron chi connectivity index (χ3n) is 2.53. The fourth-order valence-electron chi connectivity index (χ4n) is 1.51. The number of aromatic hydroxyl groups is 1. The van der Waals surface area contributed by atoms with Crippen LogP contribution in [0.25, 0.3) is 0 Å². The zero-order chi connectivity index (χ0) is 16.4. The number of non-ortho nitro benzene ring substituents is 1. The molecule has 1 amide bonds. The molecule has 1 aromatic heterocycles. The first-order chi connectivity index (χ1) is 10.3. The van der Waals surface area contributed by atoms with Crippen molar-refractivity contribution >= 4 is 34.7 Å². The summed E-state index contributed by atoms with van der Waals surface area (Å²) in [6.45, 7) is 0. The summed E-state index contributed by atoms with van der Waals surface area (Å²) in [6, 6.07) is 2.97. The number of halogens is 1. The van der Waals surface area contributed by atoms with Gasteiger partial charge >= 0.3 is 5.82 Å². The van der Waals surface area contributed by atoms with E-state index in [2.05, 4.69) is 10.4 Å². The van der Waals surface area contributed by atoms with Crippen LogP contribution in [0.15, 0.2) is 18.2 Å². The molecule has 0 unspecified atom stereocenters. The Hall–Kier alpha value is -3.21. The van der Waals surface area contributed by atoms with Crippen LogP contribution in [0.5, 0.6) is 5.75 Å². The molecule has 1 heterocycles. The van der Waals surface area contributed by atoms with Crippen LogP contribution in [0.4, 0.5) is 17.2 Å². The van der Waals surface area contributed by atoms with E-state index in [0.29, 0.717) is 0 Å². The van der Waals surface area contributed by atoms with E-state index in [1.54, 1.807) is 0 Å². The number of hydrogen-bond donors (Lipinski definition) is 3. The predicted octanol–water partition coefficient (Wildman–Crippen LogP) is 1.84. The summed E-state index contributed by atoms with van der Waals surface area (Å²) in [7, 11) is 0. The van der Waals surface area contributed by atoms with E-state index in [1.165, 1.54) is 0 Å². The van der Waals surface area contributed by atoms with Gasteiger partial charge in [-0.1, -0.05) is 16.7 Å². The smallest absolute Gasteiger partial charge is 0.362 e. The van der Waals surface area contributed by atoms with Gasteiger partial charge in [0.25, 0.3) is 11.6 Å². The summed E-state index contributed by atoms with van der Waals surface area (Å²) >= 11 is 5.63. The van der Waals surface area contributed by atoms with Crippen LogP contribution in [0, 0.1) is 20.2 Å². The second-order valence-electron chi connectivity index (χ2n) is 3.90. The number of carbonyl (C=O) groups excluding carboxylic acids is 1. The summed E-state index contributed by atoms with van der Waals surface area (Å²) in [6.07, 6.45) is 0. The number of carbonyl (C=O) groups is 1. The number of aromatic nitrogens is 2. The molecule has 0 saturated heterocycles. The van der Waals surface area contributed by atoms with Crippen molar-refractivity contribution in [1.29, 1.82) is 0 Å². The second-order valence-corrected chi connectivity index (χ2v) is 4.28. The van der Waals surface area contributed by atoms with Crippen LogP contribution in [0.2, 0.25) is 5.02 Å². The number of phenolic OH excluding ortho intramolecular Hbond substituents is 1. The molecule has 0 aliphatic carbocycles. The van der Waals surface area contributed by atoms with E-state index in [0.717, 1.165) is 18.2 Å². The molecule has 0 saturated carbocycles. The first kappa shape index (κ1) is 15.2. The van der Waals surface area contributed by atoms with Gasteiger partial charge in [-0.15, -0.1) is 5.10 Å². The quantitative estimate of drug-likeness (QED) is 0.437. The summed E-state index contributed by atoms with van der Waals surface area (Å²) < 4.78 is 0. The molecule has 11 nitrogen and oxygen atoms in total. The molecular weight excluding hydrogens is 322 g/mol. The molecule has 0 atom stereocenters. The zero-order valence-corrected chi connectivity index (χ0v) is 11.2. The molecule has 22 heavy (non-hydrogen) atoms. The number of nitro benzene ring substituents is 1. The number of nitrogens with zero attached hydrogens (tertiary/aromatic N) is 3. The van der Waals surface area contributed by atoms with E-state index < -0.39 is 38.0 Å². The van der Waals surface area contributed by atoms with Crippen LogP contribution < -0.4 is 5.32 Å². The van der Waals surface area contributed by atoms with Crippen molar-refractivity contribution in [2.24, 2.45) is 0 Å². The Morgan fingerprint density at radius 1 is 1.32 bits per heavy atom. The molecule has 0 fully saturated rings. The molecule has 0 aliphatic heterocycles.